The standard InChI is InChI=1S/C23H22N4O4S/c1-13(28)25-20(22(24)30)15-8-10-16(11-9-15)23(31)27-18-6-3-5-17(19-7-4-12-32-19)21(18)26-14(2)29/h3-12,20H,1-2H3,(H2,24,30)(H,25,28)(H,26,29)(H,27,31)/t20-/m0/s1. The summed E-state index contributed by atoms with van der Waals surface area (Å²) in [6, 6.07) is 14.4. The van der Waals surface area contributed by atoms with Gasteiger partial charge in [0.05, 0.1) is 11.4 Å². The van der Waals surface area contributed by atoms with Gasteiger partial charge in [0.1, 0.15) is 6.04 Å². The van der Waals surface area contributed by atoms with E-state index in [-0.39, 0.29) is 5.91 Å². The highest BCUT2D eigenvalue weighted by molar-refractivity contribution is 7.13. The minimum absolute atomic E-state index is 0.260. The van der Waals surface area contributed by atoms with Gasteiger partial charge in [-0.3, -0.25) is 19.2 Å². The Morgan fingerprint density at radius 3 is 2.16 bits per heavy atom. The molecule has 1 atom stereocenters. The molecule has 0 saturated carbocycles. The number of carbonyl (C=O) groups is 4. The van der Waals surface area contributed by atoms with E-state index in [0.29, 0.717) is 22.5 Å². The minimum Gasteiger partial charge on any atom is -0.368 e. The zero-order valence-electron chi connectivity index (χ0n) is 17.5. The van der Waals surface area contributed by atoms with Crippen molar-refractivity contribution in [1.82, 2.24) is 5.32 Å². The van der Waals surface area contributed by atoms with Crippen LogP contribution in [0.15, 0.2) is 60.0 Å². The second-order valence-electron chi connectivity index (χ2n) is 7.00. The van der Waals surface area contributed by atoms with Crippen molar-refractivity contribution in [3.63, 3.8) is 0 Å². The first kappa shape index (κ1) is 22.7. The van der Waals surface area contributed by atoms with E-state index >= 15 is 0 Å². The summed E-state index contributed by atoms with van der Waals surface area (Å²) >= 11 is 1.52. The van der Waals surface area contributed by atoms with Gasteiger partial charge in [0.2, 0.25) is 17.7 Å². The van der Waals surface area contributed by atoms with Crippen LogP contribution in [0, 0.1) is 0 Å². The first-order chi connectivity index (χ1) is 15.3. The van der Waals surface area contributed by atoms with Gasteiger partial charge in [-0.2, -0.15) is 0 Å². The number of rotatable bonds is 7. The highest BCUT2D eigenvalue weighted by Crippen LogP contribution is 2.37. The molecule has 0 bridgehead atoms. The van der Waals surface area contributed by atoms with Crippen molar-refractivity contribution >= 4 is 46.3 Å². The molecule has 0 spiro atoms. The molecule has 3 rings (SSSR count). The SMILES string of the molecule is CC(=O)Nc1c(NC(=O)c2ccc([C@H](NC(C)=O)C(N)=O)cc2)cccc1-c1cccs1. The predicted molar refractivity (Wildman–Crippen MR) is 124 cm³/mol. The van der Waals surface area contributed by atoms with E-state index in [0.717, 1.165) is 10.4 Å². The number of hydrogen-bond acceptors (Lipinski definition) is 5. The molecule has 0 saturated heterocycles. The first-order valence-corrected chi connectivity index (χ1v) is 10.6. The molecule has 0 aliphatic rings. The first-order valence-electron chi connectivity index (χ1n) is 9.68. The molecular formula is C23H22N4O4S. The van der Waals surface area contributed by atoms with Gasteiger partial charge in [-0.15, -0.1) is 11.3 Å². The molecule has 32 heavy (non-hydrogen) atoms. The summed E-state index contributed by atoms with van der Waals surface area (Å²) in [5.41, 5.74) is 7.90. The number of benzene rings is 2. The van der Waals surface area contributed by atoms with Gasteiger partial charge in [-0.1, -0.05) is 30.3 Å². The molecule has 4 amide bonds. The quantitative estimate of drug-likeness (QED) is 0.440. The van der Waals surface area contributed by atoms with Gasteiger partial charge >= 0.3 is 0 Å². The lowest BCUT2D eigenvalue weighted by Gasteiger charge is -2.16. The lowest BCUT2D eigenvalue weighted by molar-refractivity contribution is -0.126. The molecule has 5 N–H and O–H groups in total. The van der Waals surface area contributed by atoms with Crippen molar-refractivity contribution < 1.29 is 19.2 Å². The minimum atomic E-state index is -0.988. The topological polar surface area (TPSA) is 130 Å². The number of carbonyl (C=O) groups excluding carboxylic acids is 4. The summed E-state index contributed by atoms with van der Waals surface area (Å²) < 4.78 is 0. The molecule has 1 heterocycles. The Hall–Kier alpha value is -3.98. The Bertz CT molecular complexity index is 1160. The molecule has 3 aromatic rings. The van der Waals surface area contributed by atoms with Gasteiger partial charge in [-0.25, -0.2) is 0 Å². The third-order valence-electron chi connectivity index (χ3n) is 4.54. The van der Waals surface area contributed by atoms with Crippen LogP contribution in [0.4, 0.5) is 11.4 Å². The Balaban J connectivity index is 1.87. The van der Waals surface area contributed by atoms with Gasteiger partial charge in [-0.05, 0) is 35.2 Å². The zero-order chi connectivity index (χ0) is 23.3. The summed E-state index contributed by atoms with van der Waals surface area (Å²) in [6.07, 6.45) is 0. The van der Waals surface area contributed by atoms with Crippen molar-refractivity contribution in [2.45, 2.75) is 19.9 Å². The fraction of sp³-hybridized carbons (Fsp3) is 0.130. The second kappa shape index (κ2) is 9.88. The van der Waals surface area contributed by atoms with Gasteiger partial charge in [0, 0.05) is 29.9 Å². The van der Waals surface area contributed by atoms with E-state index in [4.69, 9.17) is 5.73 Å². The number of nitrogens with one attached hydrogen (secondary N) is 3. The third kappa shape index (κ3) is 5.38. The number of thiophene rings is 1. The van der Waals surface area contributed by atoms with E-state index in [9.17, 15) is 19.2 Å². The number of nitrogens with two attached hydrogens (primary N) is 1. The lowest BCUT2D eigenvalue weighted by Crippen LogP contribution is -2.36. The van der Waals surface area contributed by atoms with Gasteiger partial charge in [0.25, 0.3) is 5.91 Å². The molecule has 164 valence electrons. The molecule has 0 aliphatic carbocycles. The average Bonchev–Trinajstić information content (AvgIpc) is 3.27. The van der Waals surface area contributed by atoms with Gasteiger partial charge < -0.3 is 21.7 Å². The molecule has 9 heteroatoms. The Morgan fingerprint density at radius 1 is 0.875 bits per heavy atom. The number of para-hydroxylation sites is 1. The second-order valence-corrected chi connectivity index (χ2v) is 7.95. The highest BCUT2D eigenvalue weighted by atomic mass is 32.1. The summed E-state index contributed by atoms with van der Waals surface area (Å²) in [5.74, 6) is -1.76. The van der Waals surface area contributed by atoms with Crippen LogP contribution < -0.4 is 21.7 Å². The average molecular weight is 451 g/mol. The van der Waals surface area contributed by atoms with E-state index < -0.39 is 23.8 Å². The number of amides is 4. The van der Waals surface area contributed by atoms with Crippen LogP contribution in [0.5, 0.6) is 0 Å². The monoisotopic (exact) mass is 450 g/mol. The smallest absolute Gasteiger partial charge is 0.255 e. The summed E-state index contributed by atoms with van der Waals surface area (Å²) in [5, 5.41) is 10.0. The Labute approximate surface area is 188 Å². The molecule has 0 aliphatic heterocycles. The van der Waals surface area contributed by atoms with E-state index in [1.807, 2.05) is 23.6 Å². The molecule has 1 aromatic heterocycles. The largest absolute Gasteiger partial charge is 0.368 e. The maximum Gasteiger partial charge on any atom is 0.255 e. The Morgan fingerprint density at radius 2 is 1.59 bits per heavy atom. The molecule has 8 nitrogen and oxygen atoms in total. The van der Waals surface area contributed by atoms with Crippen molar-refractivity contribution in [2.24, 2.45) is 5.73 Å². The molecule has 0 unspecified atom stereocenters. The van der Waals surface area contributed by atoms with Crippen molar-refractivity contribution in [3.05, 3.63) is 71.1 Å². The van der Waals surface area contributed by atoms with Crippen LogP contribution in [0.3, 0.4) is 0 Å². The summed E-state index contributed by atoms with van der Waals surface area (Å²) in [4.78, 5) is 48.6. The molecule has 0 fully saturated rings. The normalized spacial score (nSPS) is 11.3. The third-order valence-corrected chi connectivity index (χ3v) is 5.44. The van der Waals surface area contributed by atoms with Crippen molar-refractivity contribution in [1.29, 1.82) is 0 Å². The number of primary amides is 1. The molecular weight excluding hydrogens is 428 g/mol. The van der Waals surface area contributed by atoms with Crippen LogP contribution in [0.25, 0.3) is 10.4 Å². The van der Waals surface area contributed by atoms with Crippen molar-refractivity contribution in [2.75, 3.05) is 10.6 Å². The number of anilines is 2. The highest BCUT2D eigenvalue weighted by Gasteiger charge is 2.20. The van der Waals surface area contributed by atoms with Crippen LogP contribution >= 0.6 is 11.3 Å². The van der Waals surface area contributed by atoms with E-state index in [1.165, 1.54) is 37.3 Å². The maximum absolute atomic E-state index is 12.9. The fourth-order valence-corrected chi connectivity index (χ4v) is 3.91. The van der Waals surface area contributed by atoms with Crippen LogP contribution in [-0.2, 0) is 14.4 Å². The number of hydrogen-bond donors (Lipinski definition) is 4. The van der Waals surface area contributed by atoms with E-state index in [1.54, 1.807) is 24.3 Å². The lowest BCUT2D eigenvalue weighted by atomic mass is 10.0. The maximum atomic E-state index is 12.9. The van der Waals surface area contributed by atoms with Crippen LogP contribution in [0.1, 0.15) is 35.8 Å². The summed E-state index contributed by atoms with van der Waals surface area (Å²) in [6.45, 7) is 2.69. The predicted octanol–water partition coefficient (Wildman–Crippen LogP) is 3.29. The van der Waals surface area contributed by atoms with Gasteiger partial charge in [0.15, 0.2) is 0 Å². The van der Waals surface area contributed by atoms with E-state index in [2.05, 4.69) is 16.0 Å². The molecule has 0 radical (unpaired) electrons. The van der Waals surface area contributed by atoms with Crippen LogP contribution in [-0.4, -0.2) is 23.6 Å². The zero-order valence-corrected chi connectivity index (χ0v) is 18.3. The molecule has 2 aromatic carbocycles. The summed E-state index contributed by atoms with van der Waals surface area (Å²) in [7, 11) is 0. The fourth-order valence-electron chi connectivity index (χ4n) is 3.15. The van der Waals surface area contributed by atoms with Crippen molar-refractivity contribution in [3.8, 4) is 10.4 Å². The Kier molecular flexibility index (Phi) is 7.01. The van der Waals surface area contributed by atoms with Crippen LogP contribution in [0.2, 0.25) is 0 Å².